The van der Waals surface area contributed by atoms with Crippen LogP contribution in [-0.4, -0.2) is 32.6 Å². The average Bonchev–Trinajstić information content (AvgIpc) is 3.40. The molecular formula is C26H37N3O3. The number of imidazole rings is 1. The second-order valence-corrected chi connectivity index (χ2v) is 10.2. The Morgan fingerprint density at radius 2 is 1.78 bits per heavy atom. The molecule has 0 spiro atoms. The summed E-state index contributed by atoms with van der Waals surface area (Å²) in [4.78, 5) is 29.4. The number of aromatic nitrogens is 2. The highest BCUT2D eigenvalue weighted by Crippen LogP contribution is 2.35. The number of fused-ring (bicyclic) bond motifs is 1. The second kappa shape index (κ2) is 10.1. The molecule has 0 unspecified atom stereocenters. The summed E-state index contributed by atoms with van der Waals surface area (Å²) in [6, 6.07) is 5.30. The number of hydrogen-bond acceptors (Lipinski definition) is 3. The fourth-order valence-electron chi connectivity index (χ4n) is 5.59. The van der Waals surface area contributed by atoms with E-state index in [1.807, 2.05) is 32.0 Å². The van der Waals surface area contributed by atoms with Gasteiger partial charge >= 0.3 is 5.97 Å². The third-order valence-electron chi connectivity index (χ3n) is 7.22. The first-order valence-electron chi connectivity index (χ1n) is 12.5. The van der Waals surface area contributed by atoms with Crippen molar-refractivity contribution < 1.29 is 14.7 Å². The van der Waals surface area contributed by atoms with Gasteiger partial charge in [-0.3, -0.25) is 4.79 Å². The van der Waals surface area contributed by atoms with Crippen molar-refractivity contribution in [3.63, 3.8) is 0 Å². The molecule has 174 valence electrons. The molecule has 6 heteroatoms. The normalized spacial score (nSPS) is 19.0. The number of benzene rings is 1. The molecule has 4 rings (SSSR count). The number of carbonyl (C=O) groups excluding carboxylic acids is 1. The summed E-state index contributed by atoms with van der Waals surface area (Å²) in [7, 11) is 0. The molecular weight excluding hydrogens is 402 g/mol. The number of nitrogens with one attached hydrogen (secondary N) is 1. The minimum Gasteiger partial charge on any atom is -0.480 e. The maximum Gasteiger partial charge on any atom is 0.326 e. The first-order chi connectivity index (χ1) is 15.4. The lowest BCUT2D eigenvalue weighted by Gasteiger charge is -2.26. The third kappa shape index (κ3) is 5.16. The van der Waals surface area contributed by atoms with Crippen molar-refractivity contribution in [2.24, 2.45) is 11.8 Å². The molecule has 1 amide bonds. The van der Waals surface area contributed by atoms with Crippen LogP contribution in [0, 0.1) is 11.8 Å². The van der Waals surface area contributed by atoms with E-state index in [9.17, 15) is 14.7 Å². The SMILES string of the molecule is CC(C)C[C@H](NC(=O)c1ccc2c(c1)nc(CC1CCCC1)n2C1CCCCC1)C(=O)O. The van der Waals surface area contributed by atoms with E-state index in [4.69, 9.17) is 4.98 Å². The Bertz CT molecular complexity index is 953. The Kier molecular flexibility index (Phi) is 7.17. The van der Waals surface area contributed by atoms with Gasteiger partial charge in [-0.1, -0.05) is 58.8 Å². The Morgan fingerprint density at radius 3 is 2.44 bits per heavy atom. The van der Waals surface area contributed by atoms with Crippen LogP contribution in [0.4, 0.5) is 0 Å². The van der Waals surface area contributed by atoms with Gasteiger partial charge in [-0.2, -0.15) is 0 Å². The van der Waals surface area contributed by atoms with E-state index in [1.54, 1.807) is 0 Å². The van der Waals surface area contributed by atoms with E-state index in [0.29, 0.717) is 23.9 Å². The van der Waals surface area contributed by atoms with Gasteiger partial charge in [0.05, 0.1) is 11.0 Å². The number of carbonyl (C=O) groups is 2. The summed E-state index contributed by atoms with van der Waals surface area (Å²) in [5.41, 5.74) is 2.44. The Morgan fingerprint density at radius 1 is 1.09 bits per heavy atom. The molecule has 1 aromatic heterocycles. The monoisotopic (exact) mass is 439 g/mol. The van der Waals surface area contributed by atoms with Crippen molar-refractivity contribution in [1.29, 1.82) is 0 Å². The molecule has 2 N–H and O–H groups in total. The molecule has 0 saturated heterocycles. The lowest BCUT2D eigenvalue weighted by atomic mass is 9.94. The number of amides is 1. The molecule has 2 aromatic rings. The zero-order chi connectivity index (χ0) is 22.7. The molecule has 1 heterocycles. The van der Waals surface area contributed by atoms with Crippen LogP contribution < -0.4 is 5.32 Å². The minimum absolute atomic E-state index is 0.184. The lowest BCUT2D eigenvalue weighted by molar-refractivity contribution is -0.139. The molecule has 1 atom stereocenters. The summed E-state index contributed by atoms with van der Waals surface area (Å²) in [5.74, 6) is 0.727. The van der Waals surface area contributed by atoms with Crippen LogP contribution in [0.5, 0.6) is 0 Å². The molecule has 2 fully saturated rings. The number of aliphatic carboxylic acids is 1. The van der Waals surface area contributed by atoms with Crippen molar-refractivity contribution >= 4 is 22.9 Å². The highest BCUT2D eigenvalue weighted by Gasteiger charge is 2.26. The van der Waals surface area contributed by atoms with Gasteiger partial charge in [0.2, 0.25) is 0 Å². The Balaban J connectivity index is 1.62. The summed E-state index contributed by atoms with van der Waals surface area (Å²) in [6.45, 7) is 3.91. The average molecular weight is 440 g/mol. The van der Waals surface area contributed by atoms with Crippen LogP contribution in [0.3, 0.4) is 0 Å². The zero-order valence-corrected chi connectivity index (χ0v) is 19.5. The van der Waals surface area contributed by atoms with Crippen LogP contribution in [0.2, 0.25) is 0 Å². The van der Waals surface area contributed by atoms with E-state index in [1.165, 1.54) is 63.6 Å². The maximum absolute atomic E-state index is 12.8. The number of carboxylic acids is 1. The van der Waals surface area contributed by atoms with Gasteiger partial charge < -0.3 is 15.0 Å². The van der Waals surface area contributed by atoms with E-state index >= 15 is 0 Å². The number of carboxylic acid groups (broad SMARTS) is 1. The number of rotatable bonds is 8. The maximum atomic E-state index is 12.8. The molecule has 32 heavy (non-hydrogen) atoms. The molecule has 0 aliphatic heterocycles. The summed E-state index contributed by atoms with van der Waals surface area (Å²) >= 11 is 0. The topological polar surface area (TPSA) is 84.2 Å². The van der Waals surface area contributed by atoms with Gasteiger partial charge in [-0.25, -0.2) is 9.78 Å². The van der Waals surface area contributed by atoms with Crippen LogP contribution in [0.15, 0.2) is 18.2 Å². The standard InChI is InChI=1S/C26H37N3O3/c1-17(2)14-22(26(31)32)28-25(30)19-12-13-23-21(16-19)27-24(15-18-8-6-7-9-18)29(23)20-10-4-3-5-11-20/h12-13,16-18,20,22H,3-11,14-15H2,1-2H3,(H,28,30)(H,31,32)/t22-/m0/s1. The van der Waals surface area contributed by atoms with Gasteiger partial charge in [0.25, 0.3) is 5.91 Å². The van der Waals surface area contributed by atoms with Crippen molar-refractivity contribution in [2.75, 3.05) is 0 Å². The first-order valence-corrected chi connectivity index (χ1v) is 12.5. The highest BCUT2D eigenvalue weighted by atomic mass is 16.4. The Labute approximate surface area is 190 Å². The molecule has 2 aliphatic rings. The van der Waals surface area contributed by atoms with Crippen molar-refractivity contribution in [2.45, 2.75) is 96.6 Å². The summed E-state index contributed by atoms with van der Waals surface area (Å²) in [5, 5.41) is 12.2. The summed E-state index contributed by atoms with van der Waals surface area (Å²) in [6.07, 6.45) is 12.9. The van der Waals surface area contributed by atoms with Crippen molar-refractivity contribution in [3.8, 4) is 0 Å². The number of hydrogen-bond donors (Lipinski definition) is 2. The first kappa shape index (κ1) is 22.8. The third-order valence-corrected chi connectivity index (χ3v) is 7.22. The van der Waals surface area contributed by atoms with E-state index in [0.717, 1.165) is 17.5 Å². The van der Waals surface area contributed by atoms with Gasteiger partial charge in [0.1, 0.15) is 11.9 Å². The molecule has 6 nitrogen and oxygen atoms in total. The van der Waals surface area contributed by atoms with E-state index in [2.05, 4.69) is 9.88 Å². The van der Waals surface area contributed by atoms with Crippen LogP contribution >= 0.6 is 0 Å². The smallest absolute Gasteiger partial charge is 0.326 e. The van der Waals surface area contributed by atoms with E-state index in [-0.39, 0.29) is 11.8 Å². The Hall–Kier alpha value is -2.37. The molecule has 0 radical (unpaired) electrons. The minimum atomic E-state index is -0.992. The lowest BCUT2D eigenvalue weighted by Crippen LogP contribution is -2.41. The number of nitrogens with zero attached hydrogens (tertiary/aromatic N) is 2. The van der Waals surface area contributed by atoms with Crippen LogP contribution in [0.1, 0.15) is 100 Å². The zero-order valence-electron chi connectivity index (χ0n) is 19.5. The molecule has 0 bridgehead atoms. The second-order valence-electron chi connectivity index (χ2n) is 10.2. The molecule has 2 aliphatic carbocycles. The van der Waals surface area contributed by atoms with Gasteiger partial charge in [0, 0.05) is 18.0 Å². The highest BCUT2D eigenvalue weighted by molar-refractivity contribution is 5.99. The molecule has 1 aromatic carbocycles. The van der Waals surface area contributed by atoms with Crippen molar-refractivity contribution in [1.82, 2.24) is 14.9 Å². The largest absolute Gasteiger partial charge is 0.480 e. The van der Waals surface area contributed by atoms with Crippen molar-refractivity contribution in [3.05, 3.63) is 29.6 Å². The predicted octanol–water partition coefficient (Wildman–Crippen LogP) is 5.50. The van der Waals surface area contributed by atoms with Crippen LogP contribution in [0.25, 0.3) is 11.0 Å². The van der Waals surface area contributed by atoms with Crippen LogP contribution in [-0.2, 0) is 11.2 Å². The quantitative estimate of drug-likeness (QED) is 0.568. The fourth-order valence-corrected chi connectivity index (χ4v) is 5.59. The fraction of sp³-hybridized carbons (Fsp3) is 0.654. The predicted molar refractivity (Wildman–Crippen MR) is 126 cm³/mol. The van der Waals surface area contributed by atoms with Gasteiger partial charge in [-0.05, 0) is 49.3 Å². The van der Waals surface area contributed by atoms with Gasteiger partial charge in [-0.15, -0.1) is 0 Å². The van der Waals surface area contributed by atoms with E-state index < -0.39 is 12.0 Å². The molecule has 2 saturated carbocycles. The van der Waals surface area contributed by atoms with Gasteiger partial charge in [0.15, 0.2) is 0 Å². The summed E-state index contributed by atoms with van der Waals surface area (Å²) < 4.78 is 2.47.